The SMILES string of the molecule is CCC[Si]1(F)CCC(C=CC#Cc2ccc(F)c(F)c2)CC1. The highest BCUT2D eigenvalue weighted by molar-refractivity contribution is 6.73. The Labute approximate surface area is 131 Å². The Morgan fingerprint density at radius 1 is 1.23 bits per heavy atom. The highest BCUT2D eigenvalue weighted by Gasteiger charge is 2.37. The minimum absolute atomic E-state index is 0.396. The lowest BCUT2D eigenvalue weighted by Gasteiger charge is -2.30. The molecule has 0 aliphatic carbocycles. The van der Waals surface area contributed by atoms with Crippen LogP contribution in [0.25, 0.3) is 0 Å². The molecule has 0 N–H and O–H groups in total. The van der Waals surface area contributed by atoms with Gasteiger partial charge in [0.05, 0.1) is 0 Å². The van der Waals surface area contributed by atoms with Crippen molar-refractivity contribution in [3.63, 3.8) is 0 Å². The van der Waals surface area contributed by atoms with Crippen molar-refractivity contribution in [1.29, 1.82) is 0 Å². The summed E-state index contributed by atoms with van der Waals surface area (Å²) in [6.07, 6.45) is 6.53. The van der Waals surface area contributed by atoms with E-state index in [1.165, 1.54) is 6.07 Å². The second kappa shape index (κ2) is 7.69. The Hall–Kier alpha value is -1.47. The van der Waals surface area contributed by atoms with Crippen molar-refractivity contribution in [2.24, 2.45) is 5.92 Å². The van der Waals surface area contributed by atoms with E-state index in [0.29, 0.717) is 11.5 Å². The van der Waals surface area contributed by atoms with Crippen molar-refractivity contribution in [2.45, 2.75) is 44.3 Å². The summed E-state index contributed by atoms with van der Waals surface area (Å²) in [7, 11) is -2.44. The van der Waals surface area contributed by atoms with Gasteiger partial charge in [-0.2, -0.15) is 0 Å². The first-order chi connectivity index (χ1) is 10.5. The van der Waals surface area contributed by atoms with Crippen LogP contribution in [0.5, 0.6) is 0 Å². The fraction of sp³-hybridized carbons (Fsp3) is 0.444. The molecular weight excluding hydrogens is 301 g/mol. The van der Waals surface area contributed by atoms with E-state index in [4.69, 9.17) is 0 Å². The van der Waals surface area contributed by atoms with Crippen molar-refractivity contribution in [3.05, 3.63) is 47.5 Å². The molecule has 0 nitrogen and oxygen atoms in total. The van der Waals surface area contributed by atoms with Crippen LogP contribution >= 0.6 is 0 Å². The van der Waals surface area contributed by atoms with Gasteiger partial charge < -0.3 is 4.11 Å². The third kappa shape index (κ3) is 4.77. The topological polar surface area (TPSA) is 0 Å². The number of allylic oxidation sites excluding steroid dienone is 2. The average molecular weight is 322 g/mol. The third-order valence-corrected chi connectivity index (χ3v) is 7.98. The minimum atomic E-state index is -2.44. The molecule has 0 amide bonds. The molecule has 0 bridgehead atoms. The molecule has 1 fully saturated rings. The lowest BCUT2D eigenvalue weighted by Crippen LogP contribution is -2.32. The average Bonchev–Trinajstić information content (AvgIpc) is 2.49. The van der Waals surface area contributed by atoms with E-state index >= 15 is 0 Å². The molecule has 1 heterocycles. The molecule has 118 valence electrons. The Morgan fingerprint density at radius 3 is 2.59 bits per heavy atom. The van der Waals surface area contributed by atoms with Gasteiger partial charge in [0.2, 0.25) is 8.41 Å². The maximum Gasteiger partial charge on any atom is 0.247 e. The number of rotatable bonds is 3. The maximum absolute atomic E-state index is 14.4. The Bertz CT molecular complexity index is 590. The van der Waals surface area contributed by atoms with Crippen molar-refractivity contribution in [1.82, 2.24) is 0 Å². The first-order valence-electron chi connectivity index (χ1n) is 7.84. The van der Waals surface area contributed by atoms with Gasteiger partial charge in [0.15, 0.2) is 11.6 Å². The molecule has 22 heavy (non-hydrogen) atoms. The first kappa shape index (κ1) is 16.9. The fourth-order valence-corrected chi connectivity index (χ4v) is 6.35. The van der Waals surface area contributed by atoms with Crippen LogP contribution in [0.3, 0.4) is 0 Å². The minimum Gasteiger partial charge on any atom is -0.314 e. The van der Waals surface area contributed by atoms with E-state index < -0.39 is 20.0 Å². The summed E-state index contributed by atoms with van der Waals surface area (Å²) in [6, 6.07) is 5.92. The Morgan fingerprint density at radius 2 is 1.95 bits per heavy atom. The van der Waals surface area contributed by atoms with E-state index in [0.717, 1.165) is 49.5 Å². The molecule has 1 aromatic carbocycles. The lowest BCUT2D eigenvalue weighted by molar-refractivity contribution is 0.508. The van der Waals surface area contributed by atoms with Crippen molar-refractivity contribution in [2.75, 3.05) is 0 Å². The van der Waals surface area contributed by atoms with E-state index in [9.17, 15) is 12.9 Å². The summed E-state index contributed by atoms with van der Waals surface area (Å²) in [6.45, 7) is 2.05. The molecule has 0 radical (unpaired) electrons. The molecular formula is C18H21F3Si. The zero-order valence-electron chi connectivity index (χ0n) is 12.8. The lowest BCUT2D eigenvalue weighted by atomic mass is 10.0. The highest BCUT2D eigenvalue weighted by atomic mass is 28.4. The normalized spacial score (nSPS) is 25.0. The molecule has 4 heteroatoms. The summed E-state index contributed by atoms with van der Waals surface area (Å²) < 4.78 is 40.3. The van der Waals surface area contributed by atoms with E-state index in [2.05, 4.69) is 11.8 Å². The van der Waals surface area contributed by atoms with Crippen LogP contribution in [0.15, 0.2) is 30.4 Å². The zero-order chi connectivity index (χ0) is 16.0. The van der Waals surface area contributed by atoms with Gasteiger partial charge in [0.25, 0.3) is 0 Å². The van der Waals surface area contributed by atoms with Gasteiger partial charge in [-0.15, -0.1) is 0 Å². The van der Waals surface area contributed by atoms with Gasteiger partial charge in [-0.1, -0.05) is 31.3 Å². The van der Waals surface area contributed by atoms with Crippen molar-refractivity contribution < 1.29 is 12.9 Å². The number of hydrogen-bond donors (Lipinski definition) is 0. The zero-order valence-corrected chi connectivity index (χ0v) is 13.8. The second-order valence-corrected chi connectivity index (χ2v) is 9.80. The number of hydrogen-bond acceptors (Lipinski definition) is 0. The van der Waals surface area contributed by atoms with E-state index in [-0.39, 0.29) is 0 Å². The predicted octanol–water partition coefficient (Wildman–Crippen LogP) is 5.61. The first-order valence-corrected chi connectivity index (χ1v) is 10.3. The van der Waals surface area contributed by atoms with Gasteiger partial charge in [0, 0.05) is 5.56 Å². The monoisotopic (exact) mass is 322 g/mol. The van der Waals surface area contributed by atoms with Crippen LogP contribution in [-0.2, 0) is 0 Å². The van der Waals surface area contributed by atoms with E-state index in [1.807, 2.05) is 13.0 Å². The van der Waals surface area contributed by atoms with Gasteiger partial charge in [-0.25, -0.2) is 8.78 Å². The predicted molar refractivity (Wildman–Crippen MR) is 86.7 cm³/mol. The van der Waals surface area contributed by atoms with Crippen LogP contribution in [0.4, 0.5) is 12.9 Å². The summed E-state index contributed by atoms with van der Waals surface area (Å²) in [5.74, 6) is 4.26. The smallest absolute Gasteiger partial charge is 0.247 e. The molecule has 0 atom stereocenters. The van der Waals surface area contributed by atoms with Crippen molar-refractivity contribution >= 4 is 8.41 Å². The number of halogens is 3. The van der Waals surface area contributed by atoms with Gasteiger partial charge in [0.1, 0.15) is 0 Å². The standard InChI is InChI=1S/C18H21F3Si/c1-2-11-22(21)12-9-15(10-13-22)5-3-4-6-16-7-8-17(19)18(20)14-16/h3,5,7-8,14-15H,2,9-13H2,1H3. The molecule has 0 spiro atoms. The van der Waals surface area contributed by atoms with Gasteiger partial charge in [-0.05, 0) is 61.2 Å². The molecule has 0 aromatic heterocycles. The summed E-state index contributed by atoms with van der Waals surface area (Å²) in [4.78, 5) is 0. The Kier molecular flexibility index (Phi) is 5.90. The summed E-state index contributed by atoms with van der Waals surface area (Å²) in [5, 5.41) is 0. The summed E-state index contributed by atoms with van der Waals surface area (Å²) in [5.41, 5.74) is 0.449. The molecule has 1 aliphatic heterocycles. The third-order valence-electron chi connectivity index (χ3n) is 4.21. The van der Waals surface area contributed by atoms with Crippen molar-refractivity contribution in [3.8, 4) is 11.8 Å². The van der Waals surface area contributed by atoms with Gasteiger partial charge >= 0.3 is 0 Å². The van der Waals surface area contributed by atoms with Crippen LogP contribution in [0.1, 0.15) is 31.7 Å². The molecule has 1 saturated heterocycles. The fourth-order valence-electron chi connectivity index (χ4n) is 2.93. The molecule has 0 saturated carbocycles. The maximum atomic E-state index is 14.4. The van der Waals surface area contributed by atoms with Crippen LogP contribution in [0.2, 0.25) is 18.1 Å². The van der Waals surface area contributed by atoms with Crippen LogP contribution in [-0.4, -0.2) is 8.41 Å². The van der Waals surface area contributed by atoms with Gasteiger partial charge in [-0.3, -0.25) is 0 Å². The molecule has 0 unspecified atom stereocenters. The highest BCUT2D eigenvalue weighted by Crippen LogP contribution is 2.37. The largest absolute Gasteiger partial charge is 0.314 e. The second-order valence-electron chi connectivity index (χ2n) is 6.00. The molecule has 2 rings (SSSR count). The van der Waals surface area contributed by atoms with E-state index in [1.54, 1.807) is 6.08 Å². The summed E-state index contributed by atoms with van der Waals surface area (Å²) >= 11 is 0. The van der Waals surface area contributed by atoms with Crippen LogP contribution in [0, 0.1) is 29.4 Å². The molecule has 1 aromatic rings. The number of benzene rings is 1. The quantitative estimate of drug-likeness (QED) is 0.385. The molecule has 1 aliphatic rings. The van der Waals surface area contributed by atoms with Crippen LogP contribution < -0.4 is 0 Å². The Balaban J connectivity index is 1.87.